The predicted octanol–water partition coefficient (Wildman–Crippen LogP) is 2.17. The Kier molecular flexibility index (Phi) is 7.94. The van der Waals surface area contributed by atoms with Gasteiger partial charge in [0.05, 0.1) is 17.8 Å². The predicted molar refractivity (Wildman–Crippen MR) is 149 cm³/mol. The molecule has 230 valence electrons. The molecule has 3 amide bonds. The Morgan fingerprint density at radius 1 is 1.07 bits per heavy atom. The average molecular weight is 605 g/mol. The lowest BCUT2D eigenvalue weighted by molar-refractivity contribution is -0.139. The van der Waals surface area contributed by atoms with Gasteiger partial charge in [-0.25, -0.2) is 9.93 Å². The van der Waals surface area contributed by atoms with Crippen LogP contribution in [0.25, 0.3) is 0 Å². The van der Waals surface area contributed by atoms with Crippen LogP contribution in [0.4, 0.5) is 23.2 Å². The smallest absolute Gasteiger partial charge is 0.341 e. The van der Waals surface area contributed by atoms with Crippen LogP contribution < -0.4 is 26.7 Å². The molecule has 3 aliphatic rings. The van der Waals surface area contributed by atoms with Gasteiger partial charge in [-0.1, -0.05) is 13.8 Å². The first-order chi connectivity index (χ1) is 20.3. The number of rotatable bonds is 6. The fourth-order valence-electron chi connectivity index (χ4n) is 5.73. The number of anilines is 1. The maximum absolute atomic E-state index is 14.4. The topological polar surface area (TPSA) is 121 Å². The molecule has 2 aromatic carbocycles. The largest absolute Gasteiger partial charge is 0.416 e. The van der Waals surface area contributed by atoms with Gasteiger partial charge >= 0.3 is 6.18 Å². The molecule has 15 heteroatoms. The van der Waals surface area contributed by atoms with E-state index in [9.17, 15) is 31.9 Å². The van der Waals surface area contributed by atoms with Crippen molar-refractivity contribution < 1.29 is 31.9 Å². The molecule has 11 nitrogen and oxygen atoms in total. The number of hydrazone groups is 1. The maximum atomic E-state index is 14.4. The van der Waals surface area contributed by atoms with Crippen molar-refractivity contribution in [2.45, 2.75) is 44.4 Å². The number of hydrogen-bond acceptors (Lipinski definition) is 8. The molecule has 0 aliphatic carbocycles. The highest BCUT2D eigenvalue weighted by atomic mass is 19.4. The van der Waals surface area contributed by atoms with Crippen LogP contribution in [-0.2, 0) is 15.8 Å². The summed E-state index contributed by atoms with van der Waals surface area (Å²) in [5, 5.41) is 6.53. The van der Waals surface area contributed by atoms with Gasteiger partial charge in [-0.15, -0.1) is 10.6 Å². The van der Waals surface area contributed by atoms with E-state index >= 15 is 0 Å². The van der Waals surface area contributed by atoms with Gasteiger partial charge in [-0.05, 0) is 61.2 Å². The van der Waals surface area contributed by atoms with Gasteiger partial charge in [0, 0.05) is 31.4 Å². The summed E-state index contributed by atoms with van der Waals surface area (Å²) in [4.78, 5) is 45.1. The highest BCUT2D eigenvalue weighted by molar-refractivity contribution is 6.00. The third kappa shape index (κ3) is 5.68. The van der Waals surface area contributed by atoms with Crippen LogP contribution in [0, 0.1) is 11.7 Å². The Bertz CT molecular complexity index is 1440. The Morgan fingerprint density at radius 2 is 1.74 bits per heavy atom. The zero-order chi connectivity index (χ0) is 31.1. The van der Waals surface area contributed by atoms with Crippen molar-refractivity contribution in [1.29, 1.82) is 0 Å². The normalized spacial score (nSPS) is 18.9. The van der Waals surface area contributed by atoms with Crippen molar-refractivity contribution in [1.82, 2.24) is 31.6 Å². The van der Waals surface area contributed by atoms with E-state index < -0.39 is 52.4 Å². The van der Waals surface area contributed by atoms with Gasteiger partial charge in [0.25, 0.3) is 5.91 Å². The van der Waals surface area contributed by atoms with Crippen molar-refractivity contribution in [3.05, 3.63) is 65.0 Å². The highest BCUT2D eigenvalue weighted by Gasteiger charge is 2.53. The lowest BCUT2D eigenvalue weighted by Crippen LogP contribution is -2.60. The van der Waals surface area contributed by atoms with E-state index in [1.54, 1.807) is 25.8 Å². The summed E-state index contributed by atoms with van der Waals surface area (Å²) in [7, 11) is 1.72. The fourth-order valence-corrected chi connectivity index (χ4v) is 5.73. The van der Waals surface area contributed by atoms with Crippen LogP contribution >= 0.6 is 0 Å². The van der Waals surface area contributed by atoms with E-state index in [0.29, 0.717) is 43.5 Å². The molecule has 5 rings (SSSR count). The summed E-state index contributed by atoms with van der Waals surface area (Å²) in [5.74, 6) is -2.58. The summed E-state index contributed by atoms with van der Waals surface area (Å²) in [6.45, 7) is 4.14. The average Bonchev–Trinajstić information content (AvgIpc) is 3.59. The first-order valence-corrected chi connectivity index (χ1v) is 13.8. The van der Waals surface area contributed by atoms with E-state index in [1.807, 2.05) is 29.2 Å². The van der Waals surface area contributed by atoms with Gasteiger partial charge in [-0.3, -0.25) is 19.8 Å². The number of nitrogens with one attached hydrogen (secondary N) is 4. The van der Waals surface area contributed by atoms with Crippen molar-refractivity contribution in [2.75, 3.05) is 31.7 Å². The van der Waals surface area contributed by atoms with E-state index in [4.69, 9.17) is 0 Å². The number of hydrazine groups is 2. The molecule has 0 aromatic heterocycles. The first kappa shape index (κ1) is 30.1. The van der Waals surface area contributed by atoms with Gasteiger partial charge in [0.2, 0.25) is 11.8 Å². The number of hydrogen-bond donors (Lipinski definition) is 4. The summed E-state index contributed by atoms with van der Waals surface area (Å²) < 4.78 is 53.8. The first-order valence-electron chi connectivity index (χ1n) is 13.8. The van der Waals surface area contributed by atoms with E-state index in [1.165, 1.54) is 4.90 Å². The lowest BCUT2D eigenvalue weighted by atomic mass is 9.85. The Balaban J connectivity index is 1.30. The minimum atomic E-state index is -4.77. The van der Waals surface area contributed by atoms with E-state index in [-0.39, 0.29) is 19.0 Å². The van der Waals surface area contributed by atoms with Crippen LogP contribution in [0.2, 0.25) is 0 Å². The Morgan fingerprint density at radius 3 is 2.33 bits per heavy atom. The number of amides is 3. The SMILES string of the molecule is CC(C)C(NC(=O)c1cc(C(F)(F)F)ccc1F)C(=O)N1CCC2(CC1)C(=O)N(C)CN2c1ccc(C2=NNNN2)cc1. The molecule has 0 radical (unpaired) electrons. The molecular weight excluding hydrogens is 572 g/mol. The van der Waals surface area contributed by atoms with E-state index in [0.717, 1.165) is 11.3 Å². The molecular formula is C28H32F4N8O3. The van der Waals surface area contributed by atoms with Crippen molar-refractivity contribution in [3.8, 4) is 0 Å². The van der Waals surface area contributed by atoms with Gasteiger partial charge < -0.3 is 20.0 Å². The molecule has 4 N–H and O–H groups in total. The number of likely N-dealkylation sites (N-methyl/N-ethyl adjacent to an activating group) is 1. The molecule has 2 aromatic rings. The van der Waals surface area contributed by atoms with Crippen molar-refractivity contribution in [2.24, 2.45) is 11.0 Å². The summed E-state index contributed by atoms with van der Waals surface area (Å²) in [6.07, 6.45) is -4.11. The fraction of sp³-hybridized carbons (Fsp3) is 0.429. The molecule has 2 fully saturated rings. The Labute approximate surface area is 245 Å². The number of benzene rings is 2. The molecule has 0 saturated carbocycles. The number of amidine groups is 1. The third-order valence-corrected chi connectivity index (χ3v) is 8.13. The number of nitrogens with zero attached hydrogens (tertiary/aromatic N) is 4. The van der Waals surface area contributed by atoms with Gasteiger partial charge in [-0.2, -0.15) is 13.2 Å². The molecule has 3 aliphatic heterocycles. The standard InChI is InChI=1S/C28H32F4N8O3/c1-16(2)22(33-24(41)20-14-18(28(30,31)32)6-9-21(20)29)25(42)39-12-10-27(11-13-39)26(43)38(3)15-40(27)19-7-4-17(5-8-19)23-34-36-37-35-23/h4-9,14,16,22,36-37H,10-13,15H2,1-3H3,(H,33,41)(H,34,35). The van der Waals surface area contributed by atoms with Crippen LogP contribution in [0.1, 0.15) is 48.2 Å². The monoisotopic (exact) mass is 604 g/mol. The maximum Gasteiger partial charge on any atom is 0.416 e. The van der Waals surface area contributed by atoms with Gasteiger partial charge in [0.1, 0.15) is 17.4 Å². The molecule has 43 heavy (non-hydrogen) atoms. The molecule has 0 bridgehead atoms. The van der Waals surface area contributed by atoms with Crippen LogP contribution in [0.15, 0.2) is 47.6 Å². The number of carbonyl (C=O) groups is 3. The number of piperidine rings is 1. The molecule has 1 unspecified atom stereocenters. The minimum Gasteiger partial charge on any atom is -0.341 e. The van der Waals surface area contributed by atoms with Crippen molar-refractivity contribution in [3.63, 3.8) is 0 Å². The second kappa shape index (κ2) is 11.4. The number of likely N-dealkylation sites (tertiary alicyclic amines) is 1. The Hall–Kier alpha value is -4.40. The van der Waals surface area contributed by atoms with Crippen LogP contribution in [-0.4, -0.2) is 71.7 Å². The zero-order valence-corrected chi connectivity index (χ0v) is 23.8. The summed E-state index contributed by atoms with van der Waals surface area (Å²) in [6, 6.07) is 8.03. The summed E-state index contributed by atoms with van der Waals surface area (Å²) in [5.41, 5.74) is 6.99. The molecule has 2 saturated heterocycles. The number of alkyl halides is 3. The third-order valence-electron chi connectivity index (χ3n) is 8.13. The molecule has 1 atom stereocenters. The number of carbonyl (C=O) groups excluding carboxylic acids is 3. The highest BCUT2D eigenvalue weighted by Crippen LogP contribution is 2.39. The summed E-state index contributed by atoms with van der Waals surface area (Å²) >= 11 is 0. The minimum absolute atomic E-state index is 0.0624. The number of halogens is 4. The molecule has 1 spiro atoms. The van der Waals surface area contributed by atoms with Crippen molar-refractivity contribution >= 4 is 29.2 Å². The second-order valence-electron chi connectivity index (χ2n) is 11.2. The zero-order valence-electron chi connectivity index (χ0n) is 23.8. The second-order valence-corrected chi connectivity index (χ2v) is 11.2. The quantitative estimate of drug-likeness (QED) is 0.373. The van der Waals surface area contributed by atoms with Gasteiger partial charge in [0.15, 0.2) is 5.84 Å². The van der Waals surface area contributed by atoms with Crippen LogP contribution in [0.5, 0.6) is 0 Å². The van der Waals surface area contributed by atoms with E-state index in [2.05, 4.69) is 26.9 Å². The van der Waals surface area contributed by atoms with Crippen LogP contribution in [0.3, 0.4) is 0 Å². The molecule has 3 heterocycles. The lowest BCUT2D eigenvalue weighted by Gasteiger charge is -2.44.